The Balaban J connectivity index is 1.43. The Morgan fingerprint density at radius 2 is 1.50 bits per heavy atom. The number of carbonyl (C=O) groups excluding carboxylic acids is 2. The van der Waals surface area contributed by atoms with E-state index in [9.17, 15) is 9.59 Å². The Labute approximate surface area is 145 Å². The maximum atomic E-state index is 12.7. The zero-order chi connectivity index (χ0) is 16.9. The number of piperazine rings is 1. The van der Waals surface area contributed by atoms with Gasteiger partial charge >= 0.3 is 0 Å². The van der Waals surface area contributed by atoms with Gasteiger partial charge in [-0.25, -0.2) is 0 Å². The molecule has 24 heavy (non-hydrogen) atoms. The summed E-state index contributed by atoms with van der Waals surface area (Å²) in [6.07, 6.45) is 11.0. The quantitative estimate of drug-likeness (QED) is 0.859. The molecule has 0 radical (unpaired) electrons. The molecule has 2 saturated carbocycles. The maximum Gasteiger partial charge on any atom is 0.225 e. The Morgan fingerprint density at radius 3 is 2.17 bits per heavy atom. The molecule has 0 aromatic carbocycles. The van der Waals surface area contributed by atoms with Crippen LogP contribution in [0.25, 0.3) is 0 Å². The van der Waals surface area contributed by atoms with Crippen LogP contribution >= 0.6 is 0 Å². The summed E-state index contributed by atoms with van der Waals surface area (Å²) in [4.78, 5) is 29.1. The molecule has 1 heterocycles. The number of carbonyl (C=O) groups is 2. The molecule has 5 nitrogen and oxygen atoms in total. The zero-order valence-corrected chi connectivity index (χ0v) is 14.9. The van der Waals surface area contributed by atoms with Crippen molar-refractivity contribution < 1.29 is 9.59 Å². The molecule has 0 spiro atoms. The van der Waals surface area contributed by atoms with E-state index in [4.69, 9.17) is 5.73 Å². The molecular weight excluding hydrogens is 302 g/mol. The topological polar surface area (TPSA) is 66.6 Å². The third kappa shape index (κ3) is 4.50. The molecule has 0 bridgehead atoms. The SMILES string of the molecule is NC1CCCC(C(=O)N2CCN(C(=O)CC3CCCCC3)CC2)C1. The van der Waals surface area contributed by atoms with Crippen LogP contribution < -0.4 is 5.73 Å². The standard InChI is InChI=1S/C19H33N3O2/c20-17-8-4-7-16(14-17)19(24)22-11-9-21(10-12-22)18(23)13-15-5-2-1-3-6-15/h15-17H,1-14,20H2. The van der Waals surface area contributed by atoms with E-state index in [1.165, 1.54) is 32.1 Å². The van der Waals surface area contributed by atoms with Gasteiger partial charge < -0.3 is 15.5 Å². The third-order valence-electron chi connectivity index (χ3n) is 6.20. The second-order valence-corrected chi connectivity index (χ2v) is 8.04. The normalized spacial score (nSPS) is 29.5. The average Bonchev–Trinajstić information content (AvgIpc) is 2.62. The van der Waals surface area contributed by atoms with E-state index in [0.717, 1.165) is 25.7 Å². The van der Waals surface area contributed by atoms with Crippen molar-refractivity contribution in [2.75, 3.05) is 26.2 Å². The van der Waals surface area contributed by atoms with Gasteiger partial charge in [-0.3, -0.25) is 9.59 Å². The molecule has 3 fully saturated rings. The molecule has 2 N–H and O–H groups in total. The molecule has 5 heteroatoms. The molecule has 1 aliphatic heterocycles. The highest BCUT2D eigenvalue weighted by molar-refractivity contribution is 5.80. The van der Waals surface area contributed by atoms with Gasteiger partial charge in [-0.05, 0) is 38.0 Å². The number of hydrogen-bond donors (Lipinski definition) is 1. The highest BCUT2D eigenvalue weighted by Gasteiger charge is 2.32. The summed E-state index contributed by atoms with van der Waals surface area (Å²) in [7, 11) is 0. The van der Waals surface area contributed by atoms with Crippen LogP contribution in [-0.2, 0) is 9.59 Å². The first-order valence-corrected chi connectivity index (χ1v) is 9.95. The van der Waals surface area contributed by atoms with Crippen LogP contribution in [0, 0.1) is 11.8 Å². The number of nitrogens with two attached hydrogens (primary N) is 1. The molecule has 2 unspecified atom stereocenters. The summed E-state index contributed by atoms with van der Waals surface area (Å²) in [5.74, 6) is 1.27. The minimum atomic E-state index is 0.109. The van der Waals surface area contributed by atoms with E-state index in [-0.39, 0.29) is 17.9 Å². The lowest BCUT2D eigenvalue weighted by Gasteiger charge is -2.38. The molecule has 1 saturated heterocycles. The van der Waals surface area contributed by atoms with Gasteiger partial charge in [0.25, 0.3) is 0 Å². The van der Waals surface area contributed by atoms with Crippen molar-refractivity contribution in [1.29, 1.82) is 0 Å². The van der Waals surface area contributed by atoms with Crippen molar-refractivity contribution >= 4 is 11.8 Å². The van der Waals surface area contributed by atoms with Crippen LogP contribution in [0.1, 0.15) is 64.2 Å². The fraction of sp³-hybridized carbons (Fsp3) is 0.895. The van der Waals surface area contributed by atoms with Crippen molar-refractivity contribution in [2.45, 2.75) is 70.3 Å². The summed E-state index contributed by atoms with van der Waals surface area (Å²) >= 11 is 0. The summed E-state index contributed by atoms with van der Waals surface area (Å²) in [6, 6.07) is 0.186. The molecular formula is C19H33N3O2. The van der Waals surface area contributed by atoms with Gasteiger partial charge in [0.05, 0.1) is 0 Å². The number of rotatable bonds is 3. The van der Waals surface area contributed by atoms with E-state index in [0.29, 0.717) is 44.4 Å². The third-order valence-corrected chi connectivity index (χ3v) is 6.20. The van der Waals surface area contributed by atoms with Crippen molar-refractivity contribution in [3.63, 3.8) is 0 Å². The molecule has 3 aliphatic rings. The first-order valence-electron chi connectivity index (χ1n) is 9.95. The number of nitrogens with zero attached hydrogens (tertiary/aromatic N) is 2. The van der Waals surface area contributed by atoms with Crippen LogP contribution in [0.3, 0.4) is 0 Å². The van der Waals surface area contributed by atoms with Crippen LogP contribution in [-0.4, -0.2) is 53.8 Å². The fourth-order valence-electron chi connectivity index (χ4n) is 4.65. The van der Waals surface area contributed by atoms with Crippen molar-refractivity contribution in [1.82, 2.24) is 9.80 Å². The van der Waals surface area contributed by atoms with Crippen molar-refractivity contribution in [3.05, 3.63) is 0 Å². The monoisotopic (exact) mass is 335 g/mol. The Hall–Kier alpha value is -1.10. The van der Waals surface area contributed by atoms with Gasteiger partial charge in [0.15, 0.2) is 0 Å². The first kappa shape index (κ1) is 17.7. The van der Waals surface area contributed by atoms with Gasteiger partial charge in [-0.15, -0.1) is 0 Å². The minimum absolute atomic E-state index is 0.109. The van der Waals surface area contributed by atoms with Gasteiger partial charge in [0.1, 0.15) is 0 Å². The lowest BCUT2D eigenvalue weighted by Crippen LogP contribution is -2.52. The molecule has 2 aliphatic carbocycles. The summed E-state index contributed by atoms with van der Waals surface area (Å²) in [6.45, 7) is 2.80. The van der Waals surface area contributed by atoms with Crippen LogP contribution in [0.4, 0.5) is 0 Å². The van der Waals surface area contributed by atoms with Crippen LogP contribution in [0.2, 0.25) is 0 Å². The Bertz CT molecular complexity index is 440. The van der Waals surface area contributed by atoms with Gasteiger partial charge in [-0.1, -0.05) is 25.7 Å². The second kappa shape index (κ2) is 8.32. The first-order chi connectivity index (χ1) is 11.6. The van der Waals surface area contributed by atoms with Gasteiger partial charge in [0, 0.05) is 44.6 Å². The lowest BCUT2D eigenvalue weighted by atomic mass is 9.85. The highest BCUT2D eigenvalue weighted by atomic mass is 16.2. The maximum absolute atomic E-state index is 12.7. The minimum Gasteiger partial charge on any atom is -0.339 e. The number of amides is 2. The van der Waals surface area contributed by atoms with Crippen LogP contribution in [0.15, 0.2) is 0 Å². The van der Waals surface area contributed by atoms with Gasteiger partial charge in [-0.2, -0.15) is 0 Å². The zero-order valence-electron chi connectivity index (χ0n) is 14.9. The smallest absolute Gasteiger partial charge is 0.225 e. The number of hydrogen-bond acceptors (Lipinski definition) is 3. The predicted molar refractivity (Wildman–Crippen MR) is 94.3 cm³/mol. The predicted octanol–water partition coefficient (Wildman–Crippen LogP) is 2.15. The van der Waals surface area contributed by atoms with Crippen LogP contribution in [0.5, 0.6) is 0 Å². The Kier molecular flexibility index (Phi) is 6.14. The molecule has 0 aromatic rings. The molecule has 2 amide bonds. The van der Waals surface area contributed by atoms with E-state index in [1.54, 1.807) is 0 Å². The molecule has 3 rings (SSSR count). The lowest BCUT2D eigenvalue weighted by molar-refractivity contribution is -0.143. The average molecular weight is 335 g/mol. The van der Waals surface area contributed by atoms with Gasteiger partial charge in [0.2, 0.25) is 11.8 Å². The fourth-order valence-corrected chi connectivity index (χ4v) is 4.65. The molecule has 0 aromatic heterocycles. The highest BCUT2D eigenvalue weighted by Crippen LogP contribution is 2.28. The van der Waals surface area contributed by atoms with E-state index < -0.39 is 0 Å². The van der Waals surface area contributed by atoms with E-state index in [1.807, 2.05) is 9.80 Å². The second-order valence-electron chi connectivity index (χ2n) is 8.04. The van der Waals surface area contributed by atoms with E-state index in [2.05, 4.69) is 0 Å². The van der Waals surface area contributed by atoms with E-state index >= 15 is 0 Å². The summed E-state index contributed by atoms with van der Waals surface area (Å²) < 4.78 is 0. The summed E-state index contributed by atoms with van der Waals surface area (Å²) in [5, 5.41) is 0. The van der Waals surface area contributed by atoms with Crippen molar-refractivity contribution in [2.24, 2.45) is 17.6 Å². The Morgan fingerprint density at radius 1 is 0.833 bits per heavy atom. The molecule has 2 atom stereocenters. The van der Waals surface area contributed by atoms with Crippen molar-refractivity contribution in [3.8, 4) is 0 Å². The summed E-state index contributed by atoms with van der Waals surface area (Å²) in [5.41, 5.74) is 6.02. The molecule has 136 valence electrons. The largest absolute Gasteiger partial charge is 0.339 e.